The van der Waals surface area contributed by atoms with Gasteiger partial charge in [0.15, 0.2) is 0 Å². The van der Waals surface area contributed by atoms with Gasteiger partial charge < -0.3 is 15.2 Å². The molecule has 0 saturated heterocycles. The van der Waals surface area contributed by atoms with Crippen LogP contribution in [0.1, 0.15) is 28.5 Å². The van der Waals surface area contributed by atoms with Crippen molar-refractivity contribution in [3.05, 3.63) is 57.8 Å². The Morgan fingerprint density at radius 1 is 1.27 bits per heavy atom. The van der Waals surface area contributed by atoms with E-state index in [2.05, 4.69) is 5.32 Å². The first-order chi connectivity index (χ1) is 10.6. The number of benzene rings is 1. The molecule has 22 heavy (non-hydrogen) atoms. The molecule has 0 aliphatic heterocycles. The van der Waals surface area contributed by atoms with E-state index in [4.69, 9.17) is 9.84 Å². The summed E-state index contributed by atoms with van der Waals surface area (Å²) < 4.78 is 5.14. The monoisotopic (exact) mass is 319 g/mol. The fourth-order valence-corrected chi connectivity index (χ4v) is 3.01. The summed E-state index contributed by atoms with van der Waals surface area (Å²) >= 11 is 1.42. The maximum atomic E-state index is 11.9. The number of carbonyl (C=O) groups excluding carboxylic acids is 1. The van der Waals surface area contributed by atoms with Gasteiger partial charge in [-0.15, -0.1) is 11.3 Å². The van der Waals surface area contributed by atoms with Crippen LogP contribution in [0.5, 0.6) is 0 Å². The van der Waals surface area contributed by atoms with Gasteiger partial charge in [-0.3, -0.25) is 4.79 Å². The Kier molecular flexibility index (Phi) is 5.55. The molecule has 116 valence electrons. The van der Waals surface area contributed by atoms with E-state index < -0.39 is 18.1 Å². The third kappa shape index (κ3) is 4.60. The Hall–Kier alpha value is -2.34. The normalized spacial score (nSPS) is 11.7. The molecule has 0 spiro atoms. The number of thiophene rings is 1. The van der Waals surface area contributed by atoms with Crippen molar-refractivity contribution >= 4 is 23.4 Å². The lowest BCUT2D eigenvalue weighted by atomic mass is 10.1. The largest absolute Gasteiger partial charge is 0.481 e. The average Bonchev–Trinajstić information content (AvgIpc) is 2.91. The van der Waals surface area contributed by atoms with Gasteiger partial charge in [0.25, 0.3) is 0 Å². The Balaban J connectivity index is 1.96. The van der Waals surface area contributed by atoms with Gasteiger partial charge in [-0.2, -0.15) is 0 Å². The number of ether oxygens (including phenoxy) is 1. The Labute approximate surface area is 132 Å². The molecular formula is C16H17NO4S. The van der Waals surface area contributed by atoms with E-state index >= 15 is 0 Å². The van der Waals surface area contributed by atoms with Gasteiger partial charge in [-0.25, -0.2) is 4.79 Å². The maximum Gasteiger partial charge on any atom is 0.407 e. The first-order valence-corrected chi connectivity index (χ1v) is 7.67. The van der Waals surface area contributed by atoms with Crippen LogP contribution in [-0.2, 0) is 16.1 Å². The Morgan fingerprint density at radius 2 is 2.00 bits per heavy atom. The smallest absolute Gasteiger partial charge is 0.407 e. The first-order valence-electron chi connectivity index (χ1n) is 6.79. The molecule has 0 bridgehead atoms. The molecule has 1 aromatic carbocycles. The van der Waals surface area contributed by atoms with E-state index in [0.717, 1.165) is 16.0 Å². The number of carboxylic acids is 1. The molecule has 1 amide bonds. The second kappa shape index (κ2) is 7.61. The van der Waals surface area contributed by atoms with E-state index in [1.807, 2.05) is 48.7 Å². The molecule has 0 saturated carbocycles. The zero-order chi connectivity index (χ0) is 15.9. The number of nitrogens with one attached hydrogen (secondary N) is 1. The third-order valence-corrected chi connectivity index (χ3v) is 4.23. The molecule has 0 aliphatic rings. The van der Waals surface area contributed by atoms with Crippen molar-refractivity contribution in [1.29, 1.82) is 0 Å². The van der Waals surface area contributed by atoms with Crippen molar-refractivity contribution in [3.8, 4) is 0 Å². The van der Waals surface area contributed by atoms with Crippen LogP contribution in [0.3, 0.4) is 0 Å². The highest BCUT2D eigenvalue weighted by Crippen LogP contribution is 2.26. The Bertz CT molecular complexity index is 639. The van der Waals surface area contributed by atoms with Crippen molar-refractivity contribution in [2.24, 2.45) is 0 Å². The number of rotatable bonds is 6. The molecule has 0 unspecified atom stereocenters. The predicted octanol–water partition coefficient (Wildman–Crippen LogP) is 3.50. The lowest BCUT2D eigenvalue weighted by Crippen LogP contribution is -2.30. The third-order valence-electron chi connectivity index (χ3n) is 3.10. The molecule has 5 nitrogen and oxygen atoms in total. The van der Waals surface area contributed by atoms with E-state index in [0.29, 0.717) is 0 Å². The summed E-state index contributed by atoms with van der Waals surface area (Å²) in [5.74, 6) is -0.971. The summed E-state index contributed by atoms with van der Waals surface area (Å²) in [6.07, 6.45) is -0.801. The van der Waals surface area contributed by atoms with Gasteiger partial charge in [0, 0.05) is 4.88 Å². The highest BCUT2D eigenvalue weighted by atomic mass is 32.1. The number of amides is 1. The van der Waals surface area contributed by atoms with E-state index in [-0.39, 0.29) is 13.0 Å². The molecule has 0 radical (unpaired) electrons. The summed E-state index contributed by atoms with van der Waals surface area (Å²) in [4.78, 5) is 23.7. The van der Waals surface area contributed by atoms with Crippen molar-refractivity contribution in [1.82, 2.24) is 5.32 Å². The van der Waals surface area contributed by atoms with Gasteiger partial charge >= 0.3 is 12.1 Å². The molecule has 1 atom stereocenters. The molecule has 6 heteroatoms. The second-order valence-corrected chi connectivity index (χ2v) is 5.77. The molecular weight excluding hydrogens is 302 g/mol. The molecule has 1 aromatic heterocycles. The average molecular weight is 319 g/mol. The minimum absolute atomic E-state index is 0.149. The topological polar surface area (TPSA) is 75.6 Å². The highest BCUT2D eigenvalue weighted by molar-refractivity contribution is 7.10. The first kappa shape index (κ1) is 16.0. The summed E-state index contributed by atoms with van der Waals surface area (Å²) in [6.45, 7) is 2.04. The van der Waals surface area contributed by atoms with Gasteiger partial charge in [-0.1, -0.05) is 30.3 Å². The molecule has 0 fully saturated rings. The molecule has 2 aromatic rings. The molecule has 2 rings (SSSR count). The van der Waals surface area contributed by atoms with Crippen molar-refractivity contribution in [2.75, 3.05) is 0 Å². The maximum absolute atomic E-state index is 11.9. The number of carboxylic acid groups (broad SMARTS) is 1. The van der Waals surface area contributed by atoms with Gasteiger partial charge in [0.05, 0.1) is 12.5 Å². The lowest BCUT2D eigenvalue weighted by molar-refractivity contribution is -0.137. The van der Waals surface area contributed by atoms with Crippen LogP contribution in [0, 0.1) is 6.92 Å². The lowest BCUT2D eigenvalue weighted by Gasteiger charge is -2.16. The predicted molar refractivity (Wildman–Crippen MR) is 83.8 cm³/mol. The van der Waals surface area contributed by atoms with Crippen LogP contribution in [0.2, 0.25) is 0 Å². The van der Waals surface area contributed by atoms with Crippen LogP contribution >= 0.6 is 11.3 Å². The zero-order valence-corrected chi connectivity index (χ0v) is 12.9. The second-order valence-electron chi connectivity index (χ2n) is 4.82. The van der Waals surface area contributed by atoms with Gasteiger partial charge in [-0.05, 0) is 29.5 Å². The Morgan fingerprint density at radius 3 is 2.59 bits per heavy atom. The molecule has 2 N–H and O–H groups in total. The minimum Gasteiger partial charge on any atom is -0.481 e. The number of hydrogen-bond donors (Lipinski definition) is 2. The van der Waals surface area contributed by atoms with Crippen LogP contribution < -0.4 is 5.32 Å². The summed E-state index contributed by atoms with van der Waals surface area (Å²) in [5.41, 5.74) is 1.83. The van der Waals surface area contributed by atoms with Gasteiger partial charge in [0.2, 0.25) is 0 Å². The quantitative estimate of drug-likeness (QED) is 0.854. The van der Waals surface area contributed by atoms with Crippen LogP contribution in [0.25, 0.3) is 0 Å². The minimum atomic E-state index is -0.971. The molecule has 0 aliphatic carbocycles. The summed E-state index contributed by atoms with van der Waals surface area (Å²) in [5, 5.41) is 13.5. The summed E-state index contributed by atoms with van der Waals surface area (Å²) in [7, 11) is 0. The number of aliphatic carboxylic acids is 1. The number of aryl methyl sites for hydroxylation is 1. The van der Waals surface area contributed by atoms with Gasteiger partial charge in [0.1, 0.15) is 6.61 Å². The van der Waals surface area contributed by atoms with Crippen LogP contribution in [0.4, 0.5) is 4.79 Å². The van der Waals surface area contributed by atoms with E-state index in [9.17, 15) is 9.59 Å². The zero-order valence-electron chi connectivity index (χ0n) is 12.1. The number of alkyl carbamates (subject to hydrolysis) is 1. The van der Waals surface area contributed by atoms with Crippen molar-refractivity contribution in [2.45, 2.75) is 26.0 Å². The van der Waals surface area contributed by atoms with E-state index in [1.165, 1.54) is 11.3 Å². The number of hydrogen-bond acceptors (Lipinski definition) is 4. The van der Waals surface area contributed by atoms with Crippen LogP contribution in [-0.4, -0.2) is 17.2 Å². The van der Waals surface area contributed by atoms with Crippen LogP contribution in [0.15, 0.2) is 41.8 Å². The molecule has 1 heterocycles. The fraction of sp³-hybridized carbons (Fsp3) is 0.250. The number of carbonyl (C=O) groups is 2. The highest BCUT2D eigenvalue weighted by Gasteiger charge is 2.21. The van der Waals surface area contributed by atoms with Crippen molar-refractivity contribution in [3.63, 3.8) is 0 Å². The fourth-order valence-electron chi connectivity index (χ4n) is 2.03. The van der Waals surface area contributed by atoms with Crippen molar-refractivity contribution < 1.29 is 19.4 Å². The SMILES string of the molecule is Cc1ccsc1[C@H](CC(=O)O)NC(=O)OCc1ccccc1. The summed E-state index contributed by atoms with van der Waals surface area (Å²) in [6, 6.07) is 10.6. The van der Waals surface area contributed by atoms with E-state index in [1.54, 1.807) is 0 Å². The standard InChI is InChI=1S/C16H17NO4S/c1-11-7-8-22-15(11)13(9-14(18)19)17-16(20)21-10-12-5-3-2-4-6-12/h2-8,13H,9-10H2,1H3,(H,17,20)(H,18,19)/t13-/m0/s1.